The van der Waals surface area contributed by atoms with Gasteiger partial charge in [-0.15, -0.1) is 0 Å². The molecule has 0 aliphatic carbocycles. The third-order valence-electron chi connectivity index (χ3n) is 2.30. The van der Waals surface area contributed by atoms with Crippen molar-refractivity contribution < 1.29 is 8.78 Å². The van der Waals surface area contributed by atoms with E-state index < -0.39 is 5.92 Å². The molecule has 1 unspecified atom stereocenters. The second kappa shape index (κ2) is 4.90. The molecule has 0 spiro atoms. The summed E-state index contributed by atoms with van der Waals surface area (Å²) >= 11 is 5.67. The van der Waals surface area contributed by atoms with Crippen LogP contribution in [0, 0.1) is 0 Å². The van der Waals surface area contributed by atoms with Gasteiger partial charge in [0.2, 0.25) is 0 Å². The minimum absolute atomic E-state index is 0.0305. The van der Waals surface area contributed by atoms with E-state index in [9.17, 15) is 8.78 Å². The fourth-order valence-corrected chi connectivity index (χ4v) is 1.51. The van der Waals surface area contributed by atoms with Crippen molar-refractivity contribution in [3.63, 3.8) is 0 Å². The normalized spacial score (nSPS) is 13.9. The molecule has 4 heteroatoms. The van der Waals surface area contributed by atoms with Crippen LogP contribution >= 0.6 is 11.6 Å². The summed E-state index contributed by atoms with van der Waals surface area (Å²) in [4.78, 5) is 0. The SMILES string of the molecule is CNC(C)CC(F)(F)c1cccc(Cl)c1. The maximum Gasteiger partial charge on any atom is 0.274 e. The van der Waals surface area contributed by atoms with Crippen LogP contribution in [-0.2, 0) is 5.92 Å². The van der Waals surface area contributed by atoms with Gasteiger partial charge < -0.3 is 5.32 Å². The smallest absolute Gasteiger partial charge is 0.274 e. The van der Waals surface area contributed by atoms with Crippen LogP contribution in [0.4, 0.5) is 8.78 Å². The van der Waals surface area contributed by atoms with Crippen LogP contribution in [-0.4, -0.2) is 13.1 Å². The Hall–Kier alpha value is -0.670. The Balaban J connectivity index is 2.85. The highest BCUT2D eigenvalue weighted by atomic mass is 35.5. The van der Waals surface area contributed by atoms with Crippen molar-refractivity contribution in [1.29, 1.82) is 0 Å². The Kier molecular flexibility index (Phi) is 4.05. The van der Waals surface area contributed by atoms with Crippen molar-refractivity contribution >= 4 is 11.6 Å². The number of hydrogen-bond donors (Lipinski definition) is 1. The first kappa shape index (κ1) is 12.4. The summed E-state index contributed by atoms with van der Waals surface area (Å²) in [5.41, 5.74) is -0.0305. The van der Waals surface area contributed by atoms with E-state index in [2.05, 4.69) is 5.32 Å². The van der Waals surface area contributed by atoms with Gasteiger partial charge in [-0.05, 0) is 26.1 Å². The number of rotatable bonds is 4. The molecule has 1 N–H and O–H groups in total. The lowest BCUT2D eigenvalue weighted by atomic mass is 10.0. The number of hydrogen-bond acceptors (Lipinski definition) is 1. The van der Waals surface area contributed by atoms with E-state index >= 15 is 0 Å². The van der Waals surface area contributed by atoms with Gasteiger partial charge in [-0.3, -0.25) is 0 Å². The summed E-state index contributed by atoms with van der Waals surface area (Å²) in [7, 11) is 1.67. The molecule has 1 aromatic rings. The average molecular weight is 234 g/mol. The van der Waals surface area contributed by atoms with Crippen LogP contribution in [0.15, 0.2) is 24.3 Å². The van der Waals surface area contributed by atoms with Gasteiger partial charge in [-0.2, -0.15) is 0 Å². The molecule has 0 aliphatic heterocycles. The van der Waals surface area contributed by atoms with Crippen LogP contribution < -0.4 is 5.32 Å². The van der Waals surface area contributed by atoms with Gasteiger partial charge in [-0.25, -0.2) is 8.78 Å². The molecule has 0 radical (unpaired) electrons. The van der Waals surface area contributed by atoms with Gasteiger partial charge in [0.05, 0.1) is 0 Å². The van der Waals surface area contributed by atoms with E-state index in [1.165, 1.54) is 18.2 Å². The van der Waals surface area contributed by atoms with Crippen LogP contribution in [0.5, 0.6) is 0 Å². The van der Waals surface area contributed by atoms with Gasteiger partial charge in [0, 0.05) is 23.0 Å². The van der Waals surface area contributed by atoms with Crippen molar-refractivity contribution in [3.05, 3.63) is 34.9 Å². The van der Waals surface area contributed by atoms with Gasteiger partial charge in [0.25, 0.3) is 5.92 Å². The zero-order valence-corrected chi connectivity index (χ0v) is 9.48. The first-order valence-corrected chi connectivity index (χ1v) is 5.14. The molecular weight excluding hydrogens is 220 g/mol. The van der Waals surface area contributed by atoms with E-state index in [0.29, 0.717) is 5.02 Å². The summed E-state index contributed by atoms with van der Waals surface area (Å²) in [6.07, 6.45) is -0.232. The zero-order valence-electron chi connectivity index (χ0n) is 8.73. The maximum absolute atomic E-state index is 13.7. The van der Waals surface area contributed by atoms with Crippen molar-refractivity contribution in [2.45, 2.75) is 25.3 Å². The van der Waals surface area contributed by atoms with Crippen molar-refractivity contribution in [2.75, 3.05) is 7.05 Å². The lowest BCUT2D eigenvalue weighted by Crippen LogP contribution is -2.29. The molecule has 15 heavy (non-hydrogen) atoms. The zero-order chi connectivity index (χ0) is 11.5. The maximum atomic E-state index is 13.7. The Morgan fingerprint density at radius 3 is 2.67 bits per heavy atom. The van der Waals surface area contributed by atoms with Crippen molar-refractivity contribution in [2.24, 2.45) is 0 Å². The molecule has 0 aliphatic rings. The Morgan fingerprint density at radius 1 is 1.47 bits per heavy atom. The fourth-order valence-electron chi connectivity index (χ4n) is 1.32. The molecule has 1 nitrogen and oxygen atoms in total. The van der Waals surface area contributed by atoms with Gasteiger partial charge in [-0.1, -0.05) is 23.7 Å². The summed E-state index contributed by atoms with van der Waals surface area (Å²) in [5.74, 6) is -2.84. The second-order valence-electron chi connectivity index (χ2n) is 3.61. The van der Waals surface area contributed by atoms with E-state index in [-0.39, 0.29) is 18.0 Å². The molecular formula is C11H14ClF2N. The molecule has 0 saturated heterocycles. The first-order valence-electron chi connectivity index (χ1n) is 4.77. The molecule has 0 heterocycles. The Morgan fingerprint density at radius 2 is 2.13 bits per heavy atom. The first-order chi connectivity index (χ1) is 6.95. The average Bonchev–Trinajstić information content (AvgIpc) is 2.17. The number of benzene rings is 1. The summed E-state index contributed by atoms with van der Waals surface area (Å²) in [5, 5.41) is 3.13. The van der Waals surface area contributed by atoms with E-state index in [4.69, 9.17) is 11.6 Å². The molecule has 1 atom stereocenters. The predicted octanol–water partition coefficient (Wildman–Crippen LogP) is 3.43. The molecule has 84 valence electrons. The summed E-state index contributed by atoms with van der Waals surface area (Å²) in [6, 6.07) is 5.59. The van der Waals surface area contributed by atoms with Crippen LogP contribution in [0.2, 0.25) is 5.02 Å². The Labute approximate surface area is 93.4 Å². The molecule has 0 fully saturated rings. The molecule has 0 amide bonds. The van der Waals surface area contributed by atoms with Gasteiger partial charge in [0.1, 0.15) is 0 Å². The van der Waals surface area contributed by atoms with E-state index in [1.807, 2.05) is 0 Å². The lowest BCUT2D eigenvalue weighted by Gasteiger charge is -2.20. The standard InChI is InChI=1S/C11H14ClF2N/c1-8(15-2)7-11(13,14)9-4-3-5-10(12)6-9/h3-6,8,15H,7H2,1-2H3. The predicted molar refractivity (Wildman–Crippen MR) is 58.5 cm³/mol. The fraction of sp³-hybridized carbons (Fsp3) is 0.455. The summed E-state index contributed by atoms with van der Waals surface area (Å²) < 4.78 is 27.3. The topological polar surface area (TPSA) is 12.0 Å². The number of halogens is 3. The Bertz CT molecular complexity index is 328. The van der Waals surface area contributed by atoms with Gasteiger partial charge in [0.15, 0.2) is 0 Å². The summed E-state index contributed by atoms with van der Waals surface area (Å²) in [6.45, 7) is 1.72. The highest BCUT2D eigenvalue weighted by Gasteiger charge is 2.33. The highest BCUT2D eigenvalue weighted by Crippen LogP contribution is 2.33. The molecule has 0 bridgehead atoms. The van der Waals surface area contributed by atoms with Crippen LogP contribution in [0.25, 0.3) is 0 Å². The van der Waals surface area contributed by atoms with Crippen LogP contribution in [0.1, 0.15) is 18.9 Å². The molecule has 1 aromatic carbocycles. The largest absolute Gasteiger partial charge is 0.317 e. The van der Waals surface area contributed by atoms with Crippen molar-refractivity contribution in [1.82, 2.24) is 5.32 Å². The third kappa shape index (κ3) is 3.43. The minimum Gasteiger partial charge on any atom is -0.317 e. The number of nitrogens with one attached hydrogen (secondary N) is 1. The van der Waals surface area contributed by atoms with E-state index in [0.717, 1.165) is 0 Å². The minimum atomic E-state index is -2.84. The quantitative estimate of drug-likeness (QED) is 0.840. The highest BCUT2D eigenvalue weighted by molar-refractivity contribution is 6.30. The van der Waals surface area contributed by atoms with E-state index in [1.54, 1.807) is 20.0 Å². The third-order valence-corrected chi connectivity index (χ3v) is 2.54. The van der Waals surface area contributed by atoms with Gasteiger partial charge >= 0.3 is 0 Å². The second-order valence-corrected chi connectivity index (χ2v) is 4.05. The van der Waals surface area contributed by atoms with Crippen molar-refractivity contribution in [3.8, 4) is 0 Å². The lowest BCUT2D eigenvalue weighted by molar-refractivity contribution is -0.0207. The monoisotopic (exact) mass is 233 g/mol. The molecule has 0 aromatic heterocycles. The molecule has 0 saturated carbocycles. The van der Waals surface area contributed by atoms with Crippen LogP contribution in [0.3, 0.4) is 0 Å². The molecule has 1 rings (SSSR count). The number of alkyl halides is 2.